The van der Waals surface area contributed by atoms with Gasteiger partial charge in [0.1, 0.15) is 0 Å². The van der Waals surface area contributed by atoms with Gasteiger partial charge in [0.2, 0.25) is 0 Å². The maximum atomic E-state index is 11.8. The fourth-order valence-corrected chi connectivity index (χ4v) is 3.70. The van der Waals surface area contributed by atoms with E-state index in [-0.39, 0.29) is 0 Å². The molecular weight excluding hydrogens is 204 g/mol. The van der Waals surface area contributed by atoms with Crippen LogP contribution in [-0.2, 0) is 16.6 Å². The zero-order chi connectivity index (χ0) is 9.10. The van der Waals surface area contributed by atoms with E-state index in [0.29, 0.717) is 11.0 Å². The van der Waals surface area contributed by atoms with Crippen LogP contribution in [0.15, 0.2) is 11.7 Å². The van der Waals surface area contributed by atoms with Crippen LogP contribution in [0.5, 0.6) is 0 Å². The molecule has 0 aromatic carbocycles. The molecule has 1 N–H and O–H groups in total. The summed E-state index contributed by atoms with van der Waals surface area (Å²) in [5.41, 5.74) is 1.79. The fourth-order valence-electron chi connectivity index (χ4n) is 1.42. The largest absolute Gasteiger partial charge is 0.315 e. The second kappa shape index (κ2) is 4.30. The Morgan fingerprint density at radius 3 is 3.31 bits per heavy atom. The van der Waals surface area contributed by atoms with E-state index in [1.165, 1.54) is 0 Å². The SMILES string of the molecule is O=[S@@](Cc1cncs1)[C@@H]1CCNC1. The standard InChI is InChI=1S/C8H12N2OS2/c11-13(8-1-2-9-4-8)5-7-3-10-6-12-7/h3,6,8-9H,1-2,4-5H2/t8-,13+/m1/s1. The summed E-state index contributed by atoms with van der Waals surface area (Å²) in [6.45, 7) is 1.92. The fraction of sp³-hybridized carbons (Fsp3) is 0.625. The highest BCUT2D eigenvalue weighted by Gasteiger charge is 2.21. The summed E-state index contributed by atoms with van der Waals surface area (Å²) in [4.78, 5) is 5.10. The first-order valence-electron chi connectivity index (χ1n) is 4.31. The van der Waals surface area contributed by atoms with Gasteiger partial charge in [0.05, 0.1) is 11.3 Å². The molecule has 0 aliphatic carbocycles. The Kier molecular flexibility index (Phi) is 3.08. The van der Waals surface area contributed by atoms with Gasteiger partial charge in [-0.15, -0.1) is 11.3 Å². The lowest BCUT2D eigenvalue weighted by molar-refractivity contribution is 0.672. The molecule has 0 amide bonds. The smallest absolute Gasteiger partial charge is 0.0794 e. The maximum Gasteiger partial charge on any atom is 0.0794 e. The first kappa shape index (κ1) is 9.30. The van der Waals surface area contributed by atoms with Crippen molar-refractivity contribution in [2.75, 3.05) is 13.1 Å². The van der Waals surface area contributed by atoms with Gasteiger partial charge in [0, 0.05) is 33.7 Å². The van der Waals surface area contributed by atoms with Crippen LogP contribution in [0.2, 0.25) is 0 Å². The first-order valence-corrected chi connectivity index (χ1v) is 6.57. The molecule has 0 radical (unpaired) electrons. The van der Waals surface area contributed by atoms with Crippen LogP contribution < -0.4 is 5.32 Å². The van der Waals surface area contributed by atoms with Crippen molar-refractivity contribution < 1.29 is 4.21 Å². The summed E-state index contributed by atoms with van der Waals surface area (Å²) in [6.07, 6.45) is 2.86. The molecule has 2 rings (SSSR count). The Balaban J connectivity index is 1.91. The summed E-state index contributed by atoms with van der Waals surface area (Å²) < 4.78 is 11.8. The van der Waals surface area contributed by atoms with Gasteiger partial charge < -0.3 is 5.32 Å². The van der Waals surface area contributed by atoms with E-state index in [0.717, 1.165) is 24.4 Å². The summed E-state index contributed by atoms with van der Waals surface area (Å²) in [6, 6.07) is 0. The molecule has 1 fully saturated rings. The predicted octanol–water partition coefficient (Wildman–Crippen LogP) is 0.754. The van der Waals surface area contributed by atoms with Gasteiger partial charge in [-0.3, -0.25) is 9.19 Å². The Bertz CT molecular complexity index is 280. The van der Waals surface area contributed by atoms with Gasteiger partial charge in [-0.25, -0.2) is 0 Å². The van der Waals surface area contributed by atoms with E-state index in [9.17, 15) is 4.21 Å². The third-order valence-corrected chi connectivity index (χ3v) is 4.86. The third-order valence-electron chi connectivity index (χ3n) is 2.15. The van der Waals surface area contributed by atoms with Crippen LogP contribution in [0, 0.1) is 0 Å². The zero-order valence-electron chi connectivity index (χ0n) is 7.23. The number of nitrogens with zero attached hydrogens (tertiary/aromatic N) is 1. The number of hydrogen-bond donors (Lipinski definition) is 1. The van der Waals surface area contributed by atoms with Crippen molar-refractivity contribution >= 4 is 22.1 Å². The van der Waals surface area contributed by atoms with E-state index >= 15 is 0 Å². The minimum absolute atomic E-state index is 0.349. The molecule has 2 atom stereocenters. The van der Waals surface area contributed by atoms with E-state index in [4.69, 9.17) is 0 Å². The molecule has 0 saturated carbocycles. The quantitative estimate of drug-likeness (QED) is 0.811. The van der Waals surface area contributed by atoms with Crippen molar-refractivity contribution in [3.63, 3.8) is 0 Å². The molecule has 1 aromatic heterocycles. The van der Waals surface area contributed by atoms with E-state index < -0.39 is 10.8 Å². The van der Waals surface area contributed by atoms with Gasteiger partial charge in [-0.2, -0.15) is 0 Å². The number of rotatable bonds is 3. The van der Waals surface area contributed by atoms with Crippen molar-refractivity contribution in [3.05, 3.63) is 16.6 Å². The molecule has 3 nitrogen and oxygen atoms in total. The van der Waals surface area contributed by atoms with Gasteiger partial charge in [-0.1, -0.05) is 0 Å². The number of aromatic nitrogens is 1. The lowest BCUT2D eigenvalue weighted by Crippen LogP contribution is -2.19. The van der Waals surface area contributed by atoms with Crippen LogP contribution >= 0.6 is 11.3 Å². The van der Waals surface area contributed by atoms with Crippen LogP contribution in [0.25, 0.3) is 0 Å². The minimum Gasteiger partial charge on any atom is -0.315 e. The van der Waals surface area contributed by atoms with Crippen LogP contribution in [0.1, 0.15) is 11.3 Å². The van der Waals surface area contributed by atoms with Crippen LogP contribution in [0.3, 0.4) is 0 Å². The third kappa shape index (κ3) is 2.36. The molecule has 0 bridgehead atoms. The van der Waals surface area contributed by atoms with Crippen molar-refractivity contribution in [1.29, 1.82) is 0 Å². The van der Waals surface area contributed by atoms with Crippen molar-refractivity contribution in [1.82, 2.24) is 10.3 Å². The monoisotopic (exact) mass is 216 g/mol. The van der Waals surface area contributed by atoms with Crippen molar-refractivity contribution in [2.45, 2.75) is 17.4 Å². The number of thiazole rings is 1. The number of hydrogen-bond acceptors (Lipinski definition) is 4. The van der Waals surface area contributed by atoms with Gasteiger partial charge in [0.25, 0.3) is 0 Å². The Morgan fingerprint density at radius 1 is 1.77 bits per heavy atom. The molecule has 1 saturated heterocycles. The second-order valence-electron chi connectivity index (χ2n) is 3.11. The highest BCUT2D eigenvalue weighted by atomic mass is 32.2. The van der Waals surface area contributed by atoms with Crippen molar-refractivity contribution in [2.24, 2.45) is 0 Å². The predicted molar refractivity (Wildman–Crippen MR) is 55.2 cm³/mol. The molecule has 1 aromatic rings. The van der Waals surface area contributed by atoms with Gasteiger partial charge in [0.15, 0.2) is 0 Å². The molecule has 1 aliphatic heterocycles. The Labute approximate surface area is 84.0 Å². The van der Waals surface area contributed by atoms with Crippen LogP contribution in [0.4, 0.5) is 0 Å². The van der Waals surface area contributed by atoms with E-state index in [1.807, 2.05) is 6.20 Å². The van der Waals surface area contributed by atoms with Crippen molar-refractivity contribution in [3.8, 4) is 0 Å². The normalized spacial score (nSPS) is 24.8. The lowest BCUT2D eigenvalue weighted by atomic mass is 10.4. The number of nitrogens with one attached hydrogen (secondary N) is 1. The molecule has 1 aliphatic rings. The summed E-state index contributed by atoms with van der Waals surface area (Å²) in [5, 5.41) is 3.58. The van der Waals surface area contributed by atoms with Gasteiger partial charge in [-0.05, 0) is 13.0 Å². The topological polar surface area (TPSA) is 42.0 Å². The molecular formula is C8H12N2OS2. The molecule has 13 heavy (non-hydrogen) atoms. The minimum atomic E-state index is -0.717. The Morgan fingerprint density at radius 2 is 2.69 bits per heavy atom. The maximum absolute atomic E-state index is 11.8. The molecule has 72 valence electrons. The first-order chi connectivity index (χ1) is 6.36. The highest BCUT2D eigenvalue weighted by molar-refractivity contribution is 7.85. The molecule has 0 spiro atoms. The molecule has 2 heterocycles. The molecule has 0 unspecified atom stereocenters. The van der Waals surface area contributed by atoms with E-state index in [1.54, 1.807) is 16.8 Å². The van der Waals surface area contributed by atoms with Crippen LogP contribution in [-0.4, -0.2) is 27.5 Å². The molecule has 5 heteroatoms. The lowest BCUT2D eigenvalue weighted by Gasteiger charge is -2.05. The van der Waals surface area contributed by atoms with Gasteiger partial charge >= 0.3 is 0 Å². The summed E-state index contributed by atoms with van der Waals surface area (Å²) in [7, 11) is -0.717. The second-order valence-corrected chi connectivity index (χ2v) is 5.80. The summed E-state index contributed by atoms with van der Waals surface area (Å²) >= 11 is 1.59. The average molecular weight is 216 g/mol. The zero-order valence-corrected chi connectivity index (χ0v) is 8.87. The average Bonchev–Trinajstić information content (AvgIpc) is 2.74. The summed E-state index contributed by atoms with van der Waals surface area (Å²) in [5.74, 6) is 0.678. The van der Waals surface area contributed by atoms with E-state index in [2.05, 4.69) is 10.3 Å². The highest BCUT2D eigenvalue weighted by Crippen LogP contribution is 2.14. The Hall–Kier alpha value is -0.260.